The Morgan fingerprint density at radius 2 is 1.88 bits per heavy atom. The van der Waals surface area contributed by atoms with Crippen LogP contribution in [0.4, 0.5) is 0 Å². The van der Waals surface area contributed by atoms with Crippen molar-refractivity contribution in [2.24, 2.45) is 7.05 Å². The van der Waals surface area contributed by atoms with Gasteiger partial charge in [0.1, 0.15) is 0 Å². The Hall–Kier alpha value is -2.14. The van der Waals surface area contributed by atoms with Gasteiger partial charge >= 0.3 is 0 Å². The van der Waals surface area contributed by atoms with Crippen LogP contribution in [0.1, 0.15) is 43.2 Å². The van der Waals surface area contributed by atoms with Gasteiger partial charge in [0, 0.05) is 50.4 Å². The van der Waals surface area contributed by atoms with Gasteiger partial charge < -0.3 is 4.90 Å². The molecule has 138 valence electrons. The van der Waals surface area contributed by atoms with E-state index >= 15 is 0 Å². The van der Waals surface area contributed by atoms with Crippen LogP contribution in [0.2, 0.25) is 0 Å². The molecular weight excluding hydrogens is 324 g/mol. The van der Waals surface area contributed by atoms with Gasteiger partial charge in [0.2, 0.25) is 5.91 Å². The fraction of sp³-hybridized carbons (Fsp3) is 0.524. The van der Waals surface area contributed by atoms with Crippen LogP contribution in [0.15, 0.2) is 42.7 Å². The van der Waals surface area contributed by atoms with E-state index in [2.05, 4.69) is 45.4 Å². The molecule has 0 unspecified atom stereocenters. The van der Waals surface area contributed by atoms with Crippen LogP contribution in [0, 0.1) is 0 Å². The number of aromatic nitrogens is 2. The maximum atomic E-state index is 12.6. The summed E-state index contributed by atoms with van der Waals surface area (Å²) in [5.74, 6) is 0.328. The van der Waals surface area contributed by atoms with Crippen LogP contribution in [0.3, 0.4) is 0 Å². The van der Waals surface area contributed by atoms with E-state index in [1.54, 1.807) is 0 Å². The molecule has 0 aliphatic carbocycles. The highest BCUT2D eigenvalue weighted by atomic mass is 16.2. The minimum absolute atomic E-state index is 0.0522. The smallest absolute Gasteiger partial charge is 0.223 e. The van der Waals surface area contributed by atoms with E-state index < -0.39 is 0 Å². The Kier molecular flexibility index (Phi) is 4.81. The van der Waals surface area contributed by atoms with Gasteiger partial charge in [-0.05, 0) is 37.8 Å². The van der Waals surface area contributed by atoms with Crippen molar-refractivity contribution in [1.29, 1.82) is 0 Å². The first-order chi connectivity index (χ1) is 12.6. The van der Waals surface area contributed by atoms with Crippen molar-refractivity contribution < 1.29 is 4.79 Å². The maximum absolute atomic E-state index is 12.6. The molecule has 3 heterocycles. The summed E-state index contributed by atoms with van der Waals surface area (Å²) in [5, 5.41) is 4.28. The molecule has 1 atom stereocenters. The van der Waals surface area contributed by atoms with E-state index in [4.69, 9.17) is 0 Å². The van der Waals surface area contributed by atoms with Crippen LogP contribution >= 0.6 is 0 Å². The van der Waals surface area contributed by atoms with Gasteiger partial charge in [0.05, 0.1) is 6.20 Å². The molecule has 0 saturated carbocycles. The van der Waals surface area contributed by atoms with Crippen molar-refractivity contribution in [2.45, 2.75) is 50.7 Å². The number of benzene rings is 1. The molecule has 1 aromatic heterocycles. The topological polar surface area (TPSA) is 41.4 Å². The fourth-order valence-corrected chi connectivity index (χ4v) is 4.62. The van der Waals surface area contributed by atoms with E-state index in [-0.39, 0.29) is 5.54 Å². The summed E-state index contributed by atoms with van der Waals surface area (Å²) < 4.78 is 1.87. The number of likely N-dealkylation sites (tertiary alicyclic amines) is 2. The number of carbonyl (C=O) groups is 1. The zero-order valence-corrected chi connectivity index (χ0v) is 15.6. The third-order valence-corrected chi connectivity index (χ3v) is 6.04. The van der Waals surface area contributed by atoms with Gasteiger partial charge in [-0.1, -0.05) is 30.3 Å². The molecule has 0 radical (unpaired) electrons. The number of rotatable bonds is 4. The van der Waals surface area contributed by atoms with E-state index in [0.717, 1.165) is 51.9 Å². The molecule has 2 aliphatic heterocycles. The lowest BCUT2D eigenvalue weighted by atomic mass is 9.87. The van der Waals surface area contributed by atoms with Crippen molar-refractivity contribution in [1.82, 2.24) is 19.6 Å². The normalized spacial score (nSPS) is 24.3. The van der Waals surface area contributed by atoms with Gasteiger partial charge in [-0.3, -0.25) is 14.4 Å². The van der Waals surface area contributed by atoms with Gasteiger partial charge in [0.25, 0.3) is 0 Å². The van der Waals surface area contributed by atoms with Crippen molar-refractivity contribution in [2.75, 3.05) is 13.1 Å². The van der Waals surface area contributed by atoms with Gasteiger partial charge in [0.15, 0.2) is 0 Å². The molecule has 2 aromatic rings. The molecule has 4 rings (SSSR count). The first kappa shape index (κ1) is 17.3. The highest BCUT2D eigenvalue weighted by molar-refractivity contribution is 5.79. The summed E-state index contributed by atoms with van der Waals surface area (Å²) in [6, 6.07) is 10.4. The van der Waals surface area contributed by atoms with Crippen LogP contribution in [0.25, 0.3) is 0 Å². The van der Waals surface area contributed by atoms with Gasteiger partial charge in [-0.25, -0.2) is 0 Å². The third kappa shape index (κ3) is 3.54. The summed E-state index contributed by atoms with van der Waals surface area (Å²) in [7, 11) is 1.96. The Morgan fingerprint density at radius 3 is 2.65 bits per heavy atom. The molecule has 2 saturated heterocycles. The Bertz CT molecular complexity index is 756. The van der Waals surface area contributed by atoms with Gasteiger partial charge in [-0.15, -0.1) is 0 Å². The number of hydrogen-bond acceptors (Lipinski definition) is 3. The molecule has 1 spiro atoms. The highest BCUT2D eigenvalue weighted by Gasteiger charge is 2.45. The monoisotopic (exact) mass is 352 g/mol. The van der Waals surface area contributed by atoms with Gasteiger partial charge in [-0.2, -0.15) is 5.10 Å². The maximum Gasteiger partial charge on any atom is 0.223 e. The summed E-state index contributed by atoms with van der Waals surface area (Å²) in [6.07, 6.45) is 9.12. The van der Waals surface area contributed by atoms with Crippen molar-refractivity contribution in [3.05, 3.63) is 53.9 Å². The molecule has 0 N–H and O–H groups in total. The predicted octanol–water partition coefficient (Wildman–Crippen LogP) is 2.97. The molecule has 1 aromatic carbocycles. The average Bonchev–Trinajstić information content (AvgIpc) is 3.10. The van der Waals surface area contributed by atoms with Crippen molar-refractivity contribution in [3.8, 4) is 0 Å². The lowest BCUT2D eigenvalue weighted by Gasteiger charge is -2.38. The summed E-state index contributed by atoms with van der Waals surface area (Å²) >= 11 is 0. The Labute approximate surface area is 155 Å². The number of carbonyl (C=O) groups excluding carboxylic acids is 1. The first-order valence-electron chi connectivity index (χ1n) is 9.69. The molecule has 0 bridgehead atoms. The molecule has 2 fully saturated rings. The second-order valence-electron chi connectivity index (χ2n) is 7.84. The van der Waals surface area contributed by atoms with Crippen LogP contribution in [-0.4, -0.2) is 44.1 Å². The molecule has 5 nitrogen and oxygen atoms in total. The summed E-state index contributed by atoms with van der Waals surface area (Å²) in [5.41, 5.74) is 2.56. The summed E-state index contributed by atoms with van der Waals surface area (Å²) in [4.78, 5) is 17.4. The zero-order valence-electron chi connectivity index (χ0n) is 15.6. The SMILES string of the molecule is Cn1cc(CN2CCC[C@]3(CCC(=O)N3Cc3ccccc3)CC2)cn1. The molecule has 26 heavy (non-hydrogen) atoms. The van der Waals surface area contributed by atoms with Crippen molar-refractivity contribution >= 4 is 5.91 Å². The van der Waals surface area contributed by atoms with E-state index in [9.17, 15) is 4.79 Å². The third-order valence-electron chi connectivity index (χ3n) is 6.04. The largest absolute Gasteiger partial charge is 0.333 e. The summed E-state index contributed by atoms with van der Waals surface area (Å²) in [6.45, 7) is 3.86. The van der Waals surface area contributed by atoms with E-state index in [1.165, 1.54) is 11.1 Å². The lowest BCUT2D eigenvalue weighted by Crippen LogP contribution is -2.45. The quantitative estimate of drug-likeness (QED) is 0.849. The Balaban J connectivity index is 1.46. The highest BCUT2D eigenvalue weighted by Crippen LogP contribution is 2.40. The fourth-order valence-electron chi connectivity index (χ4n) is 4.62. The predicted molar refractivity (Wildman–Crippen MR) is 101 cm³/mol. The molecule has 1 amide bonds. The second-order valence-corrected chi connectivity index (χ2v) is 7.84. The number of hydrogen-bond donors (Lipinski definition) is 0. The number of aryl methyl sites for hydroxylation is 1. The van der Waals surface area contributed by atoms with Crippen LogP contribution in [0.5, 0.6) is 0 Å². The van der Waals surface area contributed by atoms with E-state index in [0.29, 0.717) is 12.3 Å². The number of nitrogens with zero attached hydrogens (tertiary/aromatic N) is 4. The molecule has 2 aliphatic rings. The first-order valence-corrected chi connectivity index (χ1v) is 9.69. The number of amides is 1. The molecule has 5 heteroatoms. The Morgan fingerprint density at radius 1 is 1.04 bits per heavy atom. The molecular formula is C21H28N4O. The van der Waals surface area contributed by atoms with Crippen LogP contribution in [-0.2, 0) is 24.9 Å². The van der Waals surface area contributed by atoms with E-state index in [1.807, 2.05) is 24.0 Å². The second kappa shape index (κ2) is 7.23. The minimum Gasteiger partial charge on any atom is -0.333 e. The average molecular weight is 352 g/mol. The minimum atomic E-state index is 0.0522. The van der Waals surface area contributed by atoms with Crippen LogP contribution < -0.4 is 0 Å². The van der Waals surface area contributed by atoms with Crippen molar-refractivity contribution in [3.63, 3.8) is 0 Å². The zero-order chi connectivity index (χ0) is 18.0. The lowest BCUT2D eigenvalue weighted by molar-refractivity contribution is -0.132. The standard InChI is InChI=1S/C21H28N4O/c1-23-15-19(14-22-23)16-24-12-5-9-21(11-13-24)10-8-20(26)25(21)17-18-6-3-2-4-7-18/h2-4,6-7,14-15H,5,8-13,16-17H2,1H3/t21-/m0/s1.